The molecule has 0 amide bonds. The minimum atomic E-state index is -0.889. The van der Waals surface area contributed by atoms with E-state index in [0.29, 0.717) is 6.42 Å². The van der Waals surface area contributed by atoms with Crippen molar-refractivity contribution in [1.29, 1.82) is 0 Å². The van der Waals surface area contributed by atoms with E-state index in [9.17, 15) is 9.90 Å². The highest BCUT2D eigenvalue weighted by atomic mass is 16.3. The summed E-state index contributed by atoms with van der Waals surface area (Å²) in [5.74, 6) is 0.120. The molecule has 12 heavy (non-hydrogen) atoms. The molecular weight excluding hydrogens is 152 g/mol. The van der Waals surface area contributed by atoms with Crippen molar-refractivity contribution in [3.8, 4) is 0 Å². The van der Waals surface area contributed by atoms with Gasteiger partial charge in [0.05, 0.1) is 5.60 Å². The molecule has 1 N–H and O–H groups in total. The summed E-state index contributed by atoms with van der Waals surface area (Å²) in [5, 5.41) is 9.93. The molecule has 0 spiro atoms. The number of carbonyl (C=O) groups excluding carboxylic acids is 1. The third-order valence-electron chi connectivity index (χ3n) is 2.55. The predicted molar refractivity (Wildman–Crippen MR) is 50.0 cm³/mol. The first-order valence-electron chi connectivity index (χ1n) is 4.45. The van der Waals surface area contributed by atoms with Gasteiger partial charge in [0.15, 0.2) is 0 Å². The average Bonchev–Trinajstić information content (AvgIpc) is 1.84. The summed E-state index contributed by atoms with van der Waals surface area (Å²) < 4.78 is 0. The lowest BCUT2D eigenvalue weighted by atomic mass is 9.75. The lowest BCUT2D eigenvalue weighted by Gasteiger charge is -2.36. The van der Waals surface area contributed by atoms with E-state index in [1.165, 1.54) is 0 Å². The van der Waals surface area contributed by atoms with Crippen LogP contribution in [0.2, 0.25) is 0 Å². The van der Waals surface area contributed by atoms with Crippen molar-refractivity contribution >= 4 is 5.78 Å². The maximum absolute atomic E-state index is 11.1. The van der Waals surface area contributed by atoms with E-state index in [-0.39, 0.29) is 17.6 Å². The molecule has 0 heterocycles. The molecule has 2 heteroatoms. The van der Waals surface area contributed by atoms with Crippen LogP contribution in [0, 0.1) is 5.41 Å². The smallest absolute Gasteiger partial charge is 0.135 e. The number of hydrogen-bond donors (Lipinski definition) is 1. The molecule has 72 valence electrons. The minimum absolute atomic E-state index is 0.120. The largest absolute Gasteiger partial charge is 0.389 e. The summed E-state index contributed by atoms with van der Waals surface area (Å²) in [6.45, 7) is 9.36. The molecule has 0 radical (unpaired) electrons. The zero-order chi connectivity index (χ0) is 9.99. The number of Topliss-reactive ketones (excluding diaryl/α,β-unsaturated/α-hetero) is 1. The number of ketones is 1. The van der Waals surface area contributed by atoms with Crippen molar-refractivity contribution in [1.82, 2.24) is 0 Å². The van der Waals surface area contributed by atoms with Gasteiger partial charge in [-0.25, -0.2) is 0 Å². The van der Waals surface area contributed by atoms with Crippen LogP contribution in [0.25, 0.3) is 0 Å². The van der Waals surface area contributed by atoms with E-state index < -0.39 is 5.60 Å². The van der Waals surface area contributed by atoms with Gasteiger partial charge in [-0.05, 0) is 12.3 Å². The lowest BCUT2D eigenvalue weighted by molar-refractivity contribution is -0.128. The average molecular weight is 172 g/mol. The highest BCUT2D eigenvalue weighted by Crippen LogP contribution is 2.32. The van der Waals surface area contributed by atoms with Gasteiger partial charge in [-0.15, -0.1) is 0 Å². The Morgan fingerprint density at radius 1 is 1.25 bits per heavy atom. The second kappa shape index (κ2) is 3.56. The van der Waals surface area contributed by atoms with Gasteiger partial charge in [-0.2, -0.15) is 0 Å². The van der Waals surface area contributed by atoms with Crippen LogP contribution >= 0.6 is 0 Å². The summed E-state index contributed by atoms with van der Waals surface area (Å²) in [5.41, 5.74) is -1.13. The fraction of sp³-hybridized carbons (Fsp3) is 0.900. The molecule has 0 aliphatic carbocycles. The van der Waals surface area contributed by atoms with Gasteiger partial charge in [0.25, 0.3) is 0 Å². The zero-order valence-corrected chi connectivity index (χ0v) is 8.77. The van der Waals surface area contributed by atoms with Crippen LogP contribution in [0.1, 0.15) is 47.5 Å². The molecule has 0 aliphatic rings. The molecule has 0 fully saturated rings. The quantitative estimate of drug-likeness (QED) is 0.708. The monoisotopic (exact) mass is 172 g/mol. The number of aliphatic hydroxyl groups is 1. The van der Waals surface area contributed by atoms with Gasteiger partial charge in [-0.1, -0.05) is 27.7 Å². The lowest BCUT2D eigenvalue weighted by Crippen LogP contribution is -2.41. The third-order valence-corrected chi connectivity index (χ3v) is 2.55. The Labute approximate surface area is 75.0 Å². The van der Waals surface area contributed by atoms with Crippen molar-refractivity contribution in [3.63, 3.8) is 0 Å². The van der Waals surface area contributed by atoms with Crippen LogP contribution < -0.4 is 0 Å². The maximum atomic E-state index is 11.1. The van der Waals surface area contributed by atoms with Crippen molar-refractivity contribution in [2.24, 2.45) is 5.41 Å². The van der Waals surface area contributed by atoms with Gasteiger partial charge in [-0.3, -0.25) is 4.79 Å². The van der Waals surface area contributed by atoms with E-state index >= 15 is 0 Å². The highest BCUT2D eigenvalue weighted by molar-refractivity contribution is 5.79. The third kappa shape index (κ3) is 2.94. The first-order chi connectivity index (χ1) is 5.20. The first kappa shape index (κ1) is 11.6. The summed E-state index contributed by atoms with van der Waals surface area (Å²) in [7, 11) is 0. The number of carbonyl (C=O) groups is 1. The molecule has 0 aromatic heterocycles. The Balaban J connectivity index is 4.33. The van der Waals surface area contributed by atoms with Crippen LogP contribution in [0.3, 0.4) is 0 Å². The second-order valence-electron chi connectivity index (χ2n) is 4.59. The molecule has 0 saturated carbocycles. The maximum Gasteiger partial charge on any atom is 0.135 e. The van der Waals surface area contributed by atoms with Crippen molar-refractivity contribution in [3.05, 3.63) is 0 Å². The summed E-state index contributed by atoms with van der Waals surface area (Å²) in [4.78, 5) is 11.1. The molecule has 0 aromatic carbocycles. The van der Waals surface area contributed by atoms with Crippen molar-refractivity contribution in [2.75, 3.05) is 0 Å². The fourth-order valence-electron chi connectivity index (χ4n) is 0.774. The Morgan fingerprint density at radius 2 is 1.67 bits per heavy atom. The van der Waals surface area contributed by atoms with Crippen LogP contribution in [0.5, 0.6) is 0 Å². The SMILES string of the molecule is CCC(=O)CC(C)(O)C(C)(C)C. The van der Waals surface area contributed by atoms with E-state index in [1.807, 2.05) is 27.7 Å². The molecule has 0 saturated heterocycles. The Kier molecular flexibility index (Phi) is 3.45. The molecule has 0 aromatic rings. The number of rotatable bonds is 3. The molecule has 1 unspecified atom stereocenters. The summed E-state index contributed by atoms with van der Waals surface area (Å²) in [6.07, 6.45) is 0.763. The van der Waals surface area contributed by atoms with Crippen LogP contribution in [-0.4, -0.2) is 16.5 Å². The zero-order valence-electron chi connectivity index (χ0n) is 8.77. The molecular formula is C10H20O2. The fourth-order valence-corrected chi connectivity index (χ4v) is 0.774. The Morgan fingerprint density at radius 3 is 1.92 bits per heavy atom. The van der Waals surface area contributed by atoms with Crippen LogP contribution in [-0.2, 0) is 4.79 Å². The van der Waals surface area contributed by atoms with Gasteiger partial charge in [0.2, 0.25) is 0 Å². The Bertz CT molecular complexity index is 163. The van der Waals surface area contributed by atoms with E-state index in [1.54, 1.807) is 6.92 Å². The topological polar surface area (TPSA) is 37.3 Å². The predicted octanol–water partition coefficient (Wildman–Crippen LogP) is 2.15. The standard InChI is InChI=1S/C10H20O2/c1-6-8(11)7-10(5,12)9(2,3)4/h12H,6-7H2,1-5H3. The van der Waals surface area contributed by atoms with Crippen molar-refractivity contribution in [2.45, 2.75) is 53.1 Å². The molecule has 0 aliphatic heterocycles. The molecule has 0 bridgehead atoms. The number of hydrogen-bond acceptors (Lipinski definition) is 2. The molecule has 2 nitrogen and oxygen atoms in total. The first-order valence-corrected chi connectivity index (χ1v) is 4.45. The van der Waals surface area contributed by atoms with Crippen LogP contribution in [0.15, 0.2) is 0 Å². The van der Waals surface area contributed by atoms with E-state index in [2.05, 4.69) is 0 Å². The molecule has 0 rings (SSSR count). The van der Waals surface area contributed by atoms with E-state index in [4.69, 9.17) is 0 Å². The van der Waals surface area contributed by atoms with Gasteiger partial charge < -0.3 is 5.11 Å². The Hall–Kier alpha value is -0.370. The summed E-state index contributed by atoms with van der Waals surface area (Å²) >= 11 is 0. The van der Waals surface area contributed by atoms with Crippen molar-refractivity contribution < 1.29 is 9.90 Å². The molecule has 1 atom stereocenters. The minimum Gasteiger partial charge on any atom is -0.389 e. The van der Waals surface area contributed by atoms with Gasteiger partial charge in [0, 0.05) is 12.8 Å². The van der Waals surface area contributed by atoms with Gasteiger partial charge in [0.1, 0.15) is 5.78 Å². The van der Waals surface area contributed by atoms with Crippen LogP contribution in [0.4, 0.5) is 0 Å². The summed E-state index contributed by atoms with van der Waals surface area (Å²) in [6, 6.07) is 0. The highest BCUT2D eigenvalue weighted by Gasteiger charge is 2.36. The van der Waals surface area contributed by atoms with E-state index in [0.717, 1.165) is 0 Å². The second-order valence-corrected chi connectivity index (χ2v) is 4.59. The van der Waals surface area contributed by atoms with Gasteiger partial charge >= 0.3 is 0 Å². The normalized spacial score (nSPS) is 17.2.